The van der Waals surface area contributed by atoms with Crippen molar-refractivity contribution >= 4 is 17.1 Å². The molecular weight excluding hydrogens is 430 g/mol. The van der Waals surface area contributed by atoms with Crippen LogP contribution >= 0.6 is 0 Å². The summed E-state index contributed by atoms with van der Waals surface area (Å²) in [4.78, 5) is 28.7. The Hall–Kier alpha value is -3.45. The number of H-pyrrole nitrogens is 1. The van der Waals surface area contributed by atoms with Gasteiger partial charge in [0.1, 0.15) is 12.0 Å². The maximum Gasteiger partial charge on any atom is 0.317 e. The lowest BCUT2D eigenvalue weighted by Crippen LogP contribution is -2.56. The predicted molar refractivity (Wildman–Crippen MR) is 130 cm³/mol. The molecule has 0 unspecified atom stereocenters. The number of nitriles is 1. The van der Waals surface area contributed by atoms with Crippen molar-refractivity contribution in [2.24, 2.45) is 5.92 Å². The van der Waals surface area contributed by atoms with Crippen LogP contribution in [0.15, 0.2) is 31.0 Å². The van der Waals surface area contributed by atoms with Crippen LogP contribution in [-0.2, 0) is 6.54 Å². The zero-order chi connectivity index (χ0) is 24.1. The first kappa shape index (κ1) is 23.7. The number of nitrogens with zero attached hydrogens (tertiary/aromatic N) is 7. The molecule has 3 aromatic heterocycles. The summed E-state index contributed by atoms with van der Waals surface area (Å²) < 4.78 is 1.93. The van der Waals surface area contributed by atoms with Crippen molar-refractivity contribution in [1.82, 2.24) is 39.8 Å². The van der Waals surface area contributed by atoms with Crippen molar-refractivity contribution in [3.05, 3.63) is 31.0 Å². The number of hydrogen-bond acceptors (Lipinski definition) is 6. The molecule has 10 nitrogen and oxygen atoms in total. The molecule has 0 saturated carbocycles. The van der Waals surface area contributed by atoms with Gasteiger partial charge in [0, 0.05) is 68.0 Å². The summed E-state index contributed by atoms with van der Waals surface area (Å²) in [6.07, 6.45) is 8.49. The minimum absolute atomic E-state index is 0.00654. The molecule has 2 amide bonds. The highest BCUT2D eigenvalue weighted by atomic mass is 16.2. The third-order valence-corrected chi connectivity index (χ3v) is 6.72. The monoisotopic (exact) mass is 463 g/mol. The molecule has 0 aliphatic carbocycles. The van der Waals surface area contributed by atoms with Gasteiger partial charge in [0.25, 0.3) is 0 Å². The second-order valence-electron chi connectivity index (χ2n) is 9.27. The van der Waals surface area contributed by atoms with Gasteiger partial charge in [0.15, 0.2) is 0 Å². The molecule has 1 saturated heterocycles. The first-order valence-corrected chi connectivity index (χ1v) is 11.9. The standard InChI is InChI=1S/C24H33N9O/c1-17(2)18(3)30-24(34)32-11-9-31(10-12-32)20(5-4-7-25)15-33-14-19(13-29-33)22-21-6-8-26-23(21)28-16-27-22/h6,8,13-14,16-18,20H,4-5,9-12,15H2,1-3H3,(H,30,34)(H,26,27,28)/t18-,20+/m0/s1. The molecule has 3 aromatic rings. The fourth-order valence-corrected chi connectivity index (χ4v) is 4.27. The van der Waals surface area contributed by atoms with E-state index in [1.165, 1.54) is 0 Å². The number of aromatic nitrogens is 5. The van der Waals surface area contributed by atoms with Crippen molar-refractivity contribution in [3.8, 4) is 17.3 Å². The molecular formula is C24H33N9O. The predicted octanol–water partition coefficient (Wildman–Crippen LogP) is 2.87. The summed E-state index contributed by atoms with van der Waals surface area (Å²) in [5.41, 5.74) is 2.59. The lowest BCUT2D eigenvalue weighted by Gasteiger charge is -2.39. The van der Waals surface area contributed by atoms with Crippen LogP contribution in [0.4, 0.5) is 4.79 Å². The van der Waals surface area contributed by atoms with Gasteiger partial charge in [0.05, 0.1) is 24.5 Å². The normalized spacial score (nSPS) is 16.5. The van der Waals surface area contributed by atoms with E-state index < -0.39 is 0 Å². The summed E-state index contributed by atoms with van der Waals surface area (Å²) in [6, 6.07) is 4.57. The molecule has 0 bridgehead atoms. The zero-order valence-corrected chi connectivity index (χ0v) is 20.1. The van der Waals surface area contributed by atoms with Gasteiger partial charge in [-0.15, -0.1) is 0 Å². The lowest BCUT2D eigenvalue weighted by molar-refractivity contribution is 0.0936. The van der Waals surface area contributed by atoms with E-state index in [-0.39, 0.29) is 18.1 Å². The number of hydrogen-bond donors (Lipinski definition) is 2. The third-order valence-electron chi connectivity index (χ3n) is 6.72. The van der Waals surface area contributed by atoms with Crippen molar-refractivity contribution in [3.63, 3.8) is 0 Å². The molecule has 2 atom stereocenters. The highest BCUT2D eigenvalue weighted by molar-refractivity contribution is 5.89. The van der Waals surface area contributed by atoms with E-state index in [1.807, 2.05) is 41.2 Å². The van der Waals surface area contributed by atoms with Gasteiger partial charge < -0.3 is 15.2 Å². The Bertz CT molecular complexity index is 1140. The van der Waals surface area contributed by atoms with E-state index in [4.69, 9.17) is 0 Å². The van der Waals surface area contributed by atoms with E-state index >= 15 is 0 Å². The minimum atomic E-state index is 0.00654. The van der Waals surface area contributed by atoms with Gasteiger partial charge in [-0.25, -0.2) is 14.8 Å². The molecule has 1 aliphatic heterocycles. The number of aromatic amines is 1. The van der Waals surface area contributed by atoms with Crippen LogP contribution in [-0.4, -0.2) is 78.8 Å². The molecule has 1 fully saturated rings. The molecule has 4 rings (SSSR count). The third kappa shape index (κ3) is 5.37. The van der Waals surface area contributed by atoms with E-state index in [0.29, 0.717) is 32.0 Å². The number of amides is 2. The fourth-order valence-electron chi connectivity index (χ4n) is 4.27. The highest BCUT2D eigenvalue weighted by Crippen LogP contribution is 2.24. The Morgan fingerprint density at radius 2 is 2.03 bits per heavy atom. The molecule has 2 N–H and O–H groups in total. The SMILES string of the molecule is CC(C)[C@H](C)NC(=O)N1CCN([C@H](CCC#N)Cn2cc(-c3ncnc4[nH]ccc34)cn2)CC1. The zero-order valence-electron chi connectivity index (χ0n) is 20.1. The molecule has 180 valence electrons. The number of carbonyl (C=O) groups excluding carboxylic acids is 1. The molecule has 34 heavy (non-hydrogen) atoms. The van der Waals surface area contributed by atoms with Crippen molar-refractivity contribution in [2.75, 3.05) is 26.2 Å². The van der Waals surface area contributed by atoms with Crippen LogP contribution in [0.5, 0.6) is 0 Å². The minimum Gasteiger partial charge on any atom is -0.346 e. The molecule has 1 aliphatic rings. The summed E-state index contributed by atoms with van der Waals surface area (Å²) in [7, 11) is 0. The van der Waals surface area contributed by atoms with Crippen LogP contribution < -0.4 is 5.32 Å². The van der Waals surface area contributed by atoms with Crippen LogP contribution in [0.3, 0.4) is 0 Å². The first-order valence-electron chi connectivity index (χ1n) is 11.9. The topological polar surface area (TPSA) is 119 Å². The molecule has 0 spiro atoms. The number of urea groups is 1. The summed E-state index contributed by atoms with van der Waals surface area (Å²) >= 11 is 0. The average molecular weight is 464 g/mol. The van der Waals surface area contributed by atoms with Gasteiger partial charge in [-0.1, -0.05) is 13.8 Å². The Labute approximate surface area is 200 Å². The Kier molecular flexibility index (Phi) is 7.43. The van der Waals surface area contributed by atoms with Gasteiger partial charge in [0.2, 0.25) is 0 Å². The largest absolute Gasteiger partial charge is 0.346 e. The van der Waals surface area contributed by atoms with Crippen LogP contribution in [0.1, 0.15) is 33.6 Å². The quantitative estimate of drug-likeness (QED) is 0.530. The van der Waals surface area contributed by atoms with E-state index in [0.717, 1.165) is 41.8 Å². The second kappa shape index (κ2) is 10.7. The Morgan fingerprint density at radius 1 is 1.24 bits per heavy atom. The maximum absolute atomic E-state index is 12.6. The summed E-state index contributed by atoms with van der Waals surface area (Å²) in [5, 5.41) is 17.8. The molecule has 4 heterocycles. The molecule has 0 radical (unpaired) electrons. The number of fused-ring (bicyclic) bond motifs is 1. The Balaban J connectivity index is 1.40. The van der Waals surface area contributed by atoms with Crippen LogP contribution in [0, 0.1) is 17.2 Å². The number of rotatable bonds is 8. The fraction of sp³-hybridized carbons (Fsp3) is 0.542. The van der Waals surface area contributed by atoms with Gasteiger partial charge in [-0.3, -0.25) is 9.58 Å². The van der Waals surface area contributed by atoms with Crippen LogP contribution in [0.25, 0.3) is 22.3 Å². The van der Waals surface area contributed by atoms with Crippen molar-refractivity contribution in [1.29, 1.82) is 5.26 Å². The molecule has 0 aromatic carbocycles. The molecule has 10 heteroatoms. The van der Waals surface area contributed by atoms with Crippen molar-refractivity contribution < 1.29 is 4.79 Å². The summed E-state index contributed by atoms with van der Waals surface area (Å²) in [5.74, 6) is 0.398. The number of carbonyl (C=O) groups is 1. The summed E-state index contributed by atoms with van der Waals surface area (Å²) in [6.45, 7) is 9.85. The second-order valence-corrected chi connectivity index (χ2v) is 9.27. The maximum atomic E-state index is 12.6. The van der Waals surface area contributed by atoms with E-state index in [1.54, 1.807) is 6.33 Å². The van der Waals surface area contributed by atoms with Crippen LogP contribution in [0.2, 0.25) is 0 Å². The number of piperazine rings is 1. The van der Waals surface area contributed by atoms with Crippen molar-refractivity contribution in [2.45, 2.75) is 52.2 Å². The average Bonchev–Trinajstić information content (AvgIpc) is 3.51. The first-order chi connectivity index (χ1) is 16.5. The Morgan fingerprint density at radius 3 is 2.76 bits per heavy atom. The van der Waals surface area contributed by atoms with E-state index in [2.05, 4.69) is 50.2 Å². The lowest BCUT2D eigenvalue weighted by atomic mass is 10.1. The smallest absolute Gasteiger partial charge is 0.317 e. The highest BCUT2D eigenvalue weighted by Gasteiger charge is 2.27. The van der Waals surface area contributed by atoms with Gasteiger partial charge >= 0.3 is 6.03 Å². The number of nitrogens with one attached hydrogen (secondary N) is 2. The van der Waals surface area contributed by atoms with Gasteiger partial charge in [-0.2, -0.15) is 10.4 Å². The van der Waals surface area contributed by atoms with Gasteiger partial charge in [-0.05, 0) is 25.3 Å². The van der Waals surface area contributed by atoms with E-state index in [9.17, 15) is 10.1 Å².